The van der Waals surface area contributed by atoms with E-state index >= 15 is 0 Å². The maximum atomic E-state index is 13.9. The quantitative estimate of drug-likeness (QED) is 0.316. The Morgan fingerprint density at radius 2 is 1.88 bits per heavy atom. The lowest BCUT2D eigenvalue weighted by Crippen LogP contribution is -2.42. The predicted octanol–water partition coefficient (Wildman–Crippen LogP) is 5.25. The first-order valence-corrected chi connectivity index (χ1v) is 13.4. The van der Waals surface area contributed by atoms with Gasteiger partial charge in [0.05, 0.1) is 10.9 Å². The van der Waals surface area contributed by atoms with Gasteiger partial charge in [0.1, 0.15) is 17.0 Å². The van der Waals surface area contributed by atoms with E-state index in [1.54, 1.807) is 30.5 Å². The van der Waals surface area contributed by atoms with Crippen molar-refractivity contribution < 1.29 is 32.9 Å². The van der Waals surface area contributed by atoms with Crippen LogP contribution in [0.25, 0.3) is 11.0 Å². The first-order valence-electron chi connectivity index (χ1n) is 13.4. The lowest BCUT2D eigenvalue weighted by molar-refractivity contribution is -0.198. The smallest absolute Gasteiger partial charge is 0.426 e. The molecule has 3 heterocycles. The van der Waals surface area contributed by atoms with Crippen LogP contribution in [0.2, 0.25) is 0 Å². The fraction of sp³-hybridized carbons (Fsp3) is 0.400. The van der Waals surface area contributed by atoms with E-state index in [0.29, 0.717) is 11.1 Å². The Bertz CT molecular complexity index is 1670. The minimum Gasteiger partial charge on any atom is -0.493 e. The number of alkyl halides is 3. The van der Waals surface area contributed by atoms with Gasteiger partial charge in [0, 0.05) is 38.7 Å². The molecule has 42 heavy (non-hydrogen) atoms. The molecule has 2 N–H and O–H groups in total. The maximum absolute atomic E-state index is 13.9. The molecule has 0 radical (unpaired) electrons. The number of pyridine rings is 1. The number of hydrogen-bond donors (Lipinski definition) is 2. The number of aromatic nitrogens is 4. The Balaban J connectivity index is 1.57. The van der Waals surface area contributed by atoms with E-state index < -0.39 is 36.1 Å². The summed E-state index contributed by atoms with van der Waals surface area (Å²) in [5.41, 5.74) is 4.32. The molecular weight excluding hydrogens is 551 g/mol. The molecule has 9 nitrogen and oxygen atoms in total. The molecule has 5 rings (SSSR count). The van der Waals surface area contributed by atoms with E-state index in [1.807, 2.05) is 44.2 Å². The van der Waals surface area contributed by atoms with Crippen LogP contribution in [0, 0.1) is 19.3 Å². The molecule has 1 aliphatic heterocycles. The van der Waals surface area contributed by atoms with Gasteiger partial charge in [-0.15, -0.1) is 5.10 Å². The predicted molar refractivity (Wildman–Crippen MR) is 148 cm³/mol. The summed E-state index contributed by atoms with van der Waals surface area (Å²) in [4.78, 5) is 18.2. The van der Waals surface area contributed by atoms with Crippen molar-refractivity contribution in [3.8, 4) is 11.6 Å². The van der Waals surface area contributed by atoms with E-state index in [9.17, 15) is 28.2 Å². The summed E-state index contributed by atoms with van der Waals surface area (Å²) < 4.78 is 48.7. The number of nitrogens with zero attached hydrogens (tertiary/aromatic N) is 5. The molecule has 2 atom stereocenters. The van der Waals surface area contributed by atoms with Gasteiger partial charge in [0.2, 0.25) is 12.0 Å². The van der Waals surface area contributed by atoms with Crippen LogP contribution in [0.1, 0.15) is 53.3 Å². The molecule has 0 saturated heterocycles. The van der Waals surface area contributed by atoms with Crippen molar-refractivity contribution in [3.63, 3.8) is 0 Å². The monoisotopic (exact) mass is 583 g/mol. The molecule has 1 aliphatic rings. The van der Waals surface area contributed by atoms with E-state index in [-0.39, 0.29) is 30.4 Å². The Hall–Kier alpha value is -4.19. The van der Waals surface area contributed by atoms with Gasteiger partial charge in [-0.3, -0.25) is 9.69 Å². The number of aliphatic carboxylic acids is 1. The van der Waals surface area contributed by atoms with Gasteiger partial charge in [0.25, 0.3) is 0 Å². The van der Waals surface area contributed by atoms with Gasteiger partial charge in [-0.25, -0.2) is 9.67 Å². The van der Waals surface area contributed by atoms with Crippen LogP contribution in [-0.4, -0.2) is 59.9 Å². The lowest BCUT2D eigenvalue weighted by atomic mass is 9.69. The molecule has 2 aromatic heterocycles. The fourth-order valence-electron chi connectivity index (χ4n) is 5.64. The molecule has 12 heteroatoms. The van der Waals surface area contributed by atoms with E-state index in [0.717, 1.165) is 27.8 Å². The van der Waals surface area contributed by atoms with E-state index in [1.165, 1.54) is 12.1 Å². The second kappa shape index (κ2) is 10.6. The first-order chi connectivity index (χ1) is 19.7. The van der Waals surface area contributed by atoms with Crippen molar-refractivity contribution in [3.05, 3.63) is 76.0 Å². The number of aryl methyl sites for hydroxylation is 3. The number of carboxylic acid groups (broad SMARTS) is 1. The highest BCUT2D eigenvalue weighted by Crippen LogP contribution is 2.44. The summed E-state index contributed by atoms with van der Waals surface area (Å²) in [6, 6.07) is 11.8. The van der Waals surface area contributed by atoms with Crippen molar-refractivity contribution in [2.75, 3.05) is 6.54 Å². The van der Waals surface area contributed by atoms with Crippen molar-refractivity contribution in [2.24, 2.45) is 12.5 Å². The van der Waals surface area contributed by atoms with Crippen LogP contribution in [0.5, 0.6) is 11.6 Å². The van der Waals surface area contributed by atoms with Crippen LogP contribution >= 0.6 is 0 Å². The van der Waals surface area contributed by atoms with Gasteiger partial charge in [-0.2, -0.15) is 13.2 Å². The zero-order chi connectivity index (χ0) is 30.6. The second-order valence-corrected chi connectivity index (χ2v) is 11.4. The summed E-state index contributed by atoms with van der Waals surface area (Å²) in [7, 11) is 1.78. The van der Waals surface area contributed by atoms with Crippen LogP contribution in [0.4, 0.5) is 13.2 Å². The third kappa shape index (κ3) is 5.38. The van der Waals surface area contributed by atoms with Gasteiger partial charge in [-0.05, 0) is 67.6 Å². The molecule has 0 spiro atoms. The standard InChI is InChI=1S/C30H32F3N5O4/c1-16-6-7-18(26(29(3,4)28(40)41)20-8-9-22-27(17(20)2)35-36-37(22)5)12-19(16)13-38-14-21-23(10-11-25(39)34-21)42-24(15-38)30(31,32)33/h6-12,24,26H,13-15H2,1-5H3,(H,34,39)(H,40,41)/t24-,26-/m0/s1. The fourth-order valence-corrected chi connectivity index (χ4v) is 5.64. The van der Waals surface area contributed by atoms with Crippen molar-refractivity contribution in [1.82, 2.24) is 24.9 Å². The Morgan fingerprint density at radius 1 is 1.14 bits per heavy atom. The summed E-state index contributed by atoms with van der Waals surface area (Å²) in [5.74, 6) is -1.93. The number of halogens is 3. The number of fused-ring (bicyclic) bond motifs is 2. The van der Waals surface area contributed by atoms with Gasteiger partial charge < -0.3 is 14.9 Å². The number of carbonyl (C=O) groups is 1. The SMILES string of the molecule is Cc1ccc([C@@H](c2ccc3c(nnn3C)c2C)C(C)(C)C(=O)O)cc1CN1Cc2nc(O)ccc2O[C@H](C(F)(F)F)C1. The first kappa shape index (κ1) is 29.3. The summed E-state index contributed by atoms with van der Waals surface area (Å²) >= 11 is 0. The highest BCUT2D eigenvalue weighted by Gasteiger charge is 2.45. The summed E-state index contributed by atoms with van der Waals surface area (Å²) in [6.45, 7) is 6.77. The number of benzene rings is 2. The lowest BCUT2D eigenvalue weighted by Gasteiger charge is -2.33. The van der Waals surface area contributed by atoms with Gasteiger partial charge in [-0.1, -0.05) is 29.5 Å². The number of carboxylic acids is 1. The highest BCUT2D eigenvalue weighted by molar-refractivity contribution is 5.81. The number of aromatic hydroxyl groups is 1. The molecule has 0 bridgehead atoms. The Morgan fingerprint density at radius 3 is 2.57 bits per heavy atom. The molecule has 0 unspecified atom stereocenters. The molecule has 0 aliphatic carbocycles. The van der Waals surface area contributed by atoms with E-state index in [2.05, 4.69) is 15.3 Å². The van der Waals surface area contributed by atoms with Crippen molar-refractivity contribution >= 4 is 17.0 Å². The molecular formula is C30H32F3N5O4. The van der Waals surface area contributed by atoms with Crippen LogP contribution in [-0.2, 0) is 24.9 Å². The Kier molecular flexibility index (Phi) is 7.38. The topological polar surface area (TPSA) is 114 Å². The molecule has 0 amide bonds. The number of rotatable bonds is 6. The summed E-state index contributed by atoms with van der Waals surface area (Å²) in [6.07, 6.45) is -6.71. The van der Waals surface area contributed by atoms with Gasteiger partial charge >= 0.3 is 12.1 Å². The molecule has 222 valence electrons. The number of hydrogen-bond acceptors (Lipinski definition) is 7. The highest BCUT2D eigenvalue weighted by atomic mass is 19.4. The molecule has 0 fully saturated rings. The average molecular weight is 584 g/mol. The maximum Gasteiger partial charge on any atom is 0.426 e. The minimum absolute atomic E-state index is 0.0203. The van der Waals surface area contributed by atoms with Crippen molar-refractivity contribution in [1.29, 1.82) is 0 Å². The number of ether oxygens (including phenoxy) is 1. The zero-order valence-electron chi connectivity index (χ0n) is 23.9. The van der Waals surface area contributed by atoms with Crippen LogP contribution in [0.15, 0.2) is 42.5 Å². The third-order valence-corrected chi connectivity index (χ3v) is 8.11. The third-order valence-electron chi connectivity index (χ3n) is 8.11. The average Bonchev–Trinajstić information content (AvgIpc) is 3.18. The van der Waals surface area contributed by atoms with Crippen LogP contribution in [0.3, 0.4) is 0 Å². The molecule has 2 aromatic carbocycles. The minimum atomic E-state index is -4.62. The van der Waals surface area contributed by atoms with Crippen molar-refractivity contribution in [2.45, 2.75) is 59.0 Å². The van der Waals surface area contributed by atoms with E-state index in [4.69, 9.17) is 4.74 Å². The van der Waals surface area contributed by atoms with Gasteiger partial charge in [0.15, 0.2) is 0 Å². The largest absolute Gasteiger partial charge is 0.493 e. The second-order valence-electron chi connectivity index (χ2n) is 11.4. The zero-order valence-corrected chi connectivity index (χ0v) is 23.9. The Labute approximate surface area is 240 Å². The normalized spacial score (nSPS) is 17.0. The summed E-state index contributed by atoms with van der Waals surface area (Å²) in [5, 5.41) is 28.6. The molecule has 0 saturated carbocycles. The van der Waals surface area contributed by atoms with Crippen LogP contribution < -0.4 is 4.74 Å². The molecule has 4 aromatic rings.